The molecular formula is C16H19NO2. The van der Waals surface area contributed by atoms with Crippen molar-refractivity contribution in [3.8, 4) is 11.5 Å². The minimum atomic E-state index is 0.582. The van der Waals surface area contributed by atoms with Gasteiger partial charge in [-0.2, -0.15) is 0 Å². The second kappa shape index (κ2) is 6.69. The van der Waals surface area contributed by atoms with Crippen LogP contribution in [0.4, 0.5) is 5.69 Å². The van der Waals surface area contributed by atoms with Crippen LogP contribution in [0.15, 0.2) is 48.5 Å². The summed E-state index contributed by atoms with van der Waals surface area (Å²) in [5, 5.41) is 0. The Kier molecular flexibility index (Phi) is 4.67. The molecule has 0 saturated heterocycles. The lowest BCUT2D eigenvalue weighted by Gasteiger charge is -2.12. The summed E-state index contributed by atoms with van der Waals surface area (Å²) in [5.41, 5.74) is 7.81. The molecule has 0 fully saturated rings. The van der Waals surface area contributed by atoms with Crippen LogP contribution in [-0.2, 0) is 6.42 Å². The van der Waals surface area contributed by atoms with Crippen molar-refractivity contribution in [3.05, 3.63) is 54.1 Å². The van der Waals surface area contributed by atoms with Crippen LogP contribution in [-0.4, -0.2) is 13.2 Å². The van der Waals surface area contributed by atoms with E-state index in [0.717, 1.165) is 29.2 Å². The van der Waals surface area contributed by atoms with Crippen LogP contribution >= 0.6 is 0 Å². The highest BCUT2D eigenvalue weighted by molar-refractivity contribution is 5.46. The number of rotatable bonds is 6. The first-order valence-electron chi connectivity index (χ1n) is 6.49. The van der Waals surface area contributed by atoms with Crippen LogP contribution in [0.1, 0.15) is 12.5 Å². The van der Waals surface area contributed by atoms with Gasteiger partial charge in [-0.3, -0.25) is 0 Å². The molecule has 2 aromatic carbocycles. The molecule has 0 unspecified atom stereocenters. The number of nitrogen functional groups attached to an aromatic ring is 1. The molecule has 0 radical (unpaired) electrons. The van der Waals surface area contributed by atoms with Crippen molar-refractivity contribution < 1.29 is 9.47 Å². The summed E-state index contributed by atoms with van der Waals surface area (Å²) in [7, 11) is 0. The zero-order valence-electron chi connectivity index (χ0n) is 11.1. The Morgan fingerprint density at radius 1 is 0.895 bits per heavy atom. The highest BCUT2D eigenvalue weighted by Crippen LogP contribution is 2.26. The predicted octanol–water partition coefficient (Wildman–Crippen LogP) is 3.29. The second-order valence-corrected chi connectivity index (χ2v) is 4.18. The van der Waals surface area contributed by atoms with E-state index in [-0.39, 0.29) is 0 Å². The molecule has 0 spiro atoms. The molecule has 0 aromatic heterocycles. The largest absolute Gasteiger partial charge is 0.490 e. The quantitative estimate of drug-likeness (QED) is 0.808. The van der Waals surface area contributed by atoms with Gasteiger partial charge in [0.05, 0.1) is 13.2 Å². The molecule has 0 aliphatic rings. The van der Waals surface area contributed by atoms with E-state index in [2.05, 4.69) is 0 Å². The zero-order chi connectivity index (χ0) is 13.5. The van der Waals surface area contributed by atoms with Crippen LogP contribution in [0.25, 0.3) is 0 Å². The van der Waals surface area contributed by atoms with Gasteiger partial charge >= 0.3 is 0 Å². The van der Waals surface area contributed by atoms with Crippen LogP contribution in [0.3, 0.4) is 0 Å². The normalized spacial score (nSPS) is 10.2. The van der Waals surface area contributed by atoms with E-state index in [1.165, 1.54) is 0 Å². The topological polar surface area (TPSA) is 44.5 Å². The first kappa shape index (κ1) is 13.3. The van der Waals surface area contributed by atoms with Crippen molar-refractivity contribution >= 4 is 5.69 Å². The van der Waals surface area contributed by atoms with Crippen molar-refractivity contribution in [2.24, 2.45) is 0 Å². The van der Waals surface area contributed by atoms with E-state index in [1.54, 1.807) is 0 Å². The summed E-state index contributed by atoms with van der Waals surface area (Å²) < 4.78 is 11.3. The van der Waals surface area contributed by atoms with E-state index >= 15 is 0 Å². The lowest BCUT2D eigenvalue weighted by Crippen LogP contribution is -2.05. The summed E-state index contributed by atoms with van der Waals surface area (Å²) in [6.45, 7) is 3.17. The van der Waals surface area contributed by atoms with E-state index in [1.807, 2.05) is 55.5 Å². The second-order valence-electron chi connectivity index (χ2n) is 4.18. The lowest BCUT2D eigenvalue weighted by molar-refractivity contribution is 0.279. The molecule has 0 aliphatic carbocycles. The first-order valence-corrected chi connectivity index (χ1v) is 6.49. The molecule has 0 atom stereocenters. The zero-order valence-corrected chi connectivity index (χ0v) is 11.1. The Hall–Kier alpha value is -2.16. The van der Waals surface area contributed by atoms with E-state index in [4.69, 9.17) is 15.2 Å². The third-order valence-corrected chi connectivity index (χ3v) is 2.83. The molecule has 0 bridgehead atoms. The van der Waals surface area contributed by atoms with Gasteiger partial charge in [0.2, 0.25) is 0 Å². The number of ether oxygens (including phenoxy) is 2. The van der Waals surface area contributed by atoms with E-state index < -0.39 is 0 Å². The molecule has 0 heterocycles. The summed E-state index contributed by atoms with van der Waals surface area (Å²) in [6.07, 6.45) is 0.785. The molecule has 3 heteroatoms. The maximum atomic E-state index is 5.90. The van der Waals surface area contributed by atoms with Crippen molar-refractivity contribution in [1.29, 1.82) is 0 Å². The molecule has 0 aliphatic heterocycles. The van der Waals surface area contributed by atoms with Gasteiger partial charge in [-0.1, -0.05) is 30.3 Å². The van der Waals surface area contributed by atoms with Crippen LogP contribution < -0.4 is 15.2 Å². The summed E-state index contributed by atoms with van der Waals surface area (Å²) in [4.78, 5) is 0. The number of benzene rings is 2. The number of para-hydroxylation sites is 3. The maximum absolute atomic E-state index is 5.90. The van der Waals surface area contributed by atoms with Crippen LogP contribution in [0.5, 0.6) is 11.5 Å². The van der Waals surface area contributed by atoms with E-state index in [9.17, 15) is 0 Å². The number of hydrogen-bond donors (Lipinski definition) is 1. The number of nitrogens with two attached hydrogens (primary N) is 1. The Morgan fingerprint density at radius 2 is 1.53 bits per heavy atom. The summed E-state index contributed by atoms with van der Waals surface area (Å²) in [6, 6.07) is 15.6. The smallest absolute Gasteiger partial charge is 0.161 e. The molecular weight excluding hydrogens is 238 g/mol. The van der Waals surface area contributed by atoms with Gasteiger partial charge in [0.1, 0.15) is 0 Å². The fourth-order valence-corrected chi connectivity index (χ4v) is 1.88. The minimum Gasteiger partial charge on any atom is -0.490 e. The fourth-order valence-electron chi connectivity index (χ4n) is 1.88. The van der Waals surface area contributed by atoms with Crippen molar-refractivity contribution in [2.45, 2.75) is 13.3 Å². The van der Waals surface area contributed by atoms with Gasteiger partial charge in [0.25, 0.3) is 0 Å². The minimum absolute atomic E-state index is 0.582. The molecule has 2 N–H and O–H groups in total. The lowest BCUT2D eigenvalue weighted by atomic mass is 10.1. The molecule has 2 aromatic rings. The fraction of sp³-hybridized carbons (Fsp3) is 0.250. The van der Waals surface area contributed by atoms with Gasteiger partial charge in [-0.05, 0) is 30.7 Å². The SMILES string of the molecule is CCOc1ccccc1OCCc1ccccc1N. The molecule has 3 nitrogen and oxygen atoms in total. The monoisotopic (exact) mass is 257 g/mol. The van der Waals surface area contributed by atoms with Gasteiger partial charge in [-0.15, -0.1) is 0 Å². The Labute approximate surface area is 114 Å². The average molecular weight is 257 g/mol. The average Bonchev–Trinajstić information content (AvgIpc) is 2.43. The van der Waals surface area contributed by atoms with Crippen molar-refractivity contribution in [1.82, 2.24) is 0 Å². The van der Waals surface area contributed by atoms with Crippen LogP contribution in [0, 0.1) is 0 Å². The van der Waals surface area contributed by atoms with Crippen LogP contribution in [0.2, 0.25) is 0 Å². The number of anilines is 1. The third kappa shape index (κ3) is 3.65. The van der Waals surface area contributed by atoms with Gasteiger partial charge < -0.3 is 15.2 Å². The van der Waals surface area contributed by atoms with Crippen molar-refractivity contribution in [2.75, 3.05) is 18.9 Å². The summed E-state index contributed by atoms with van der Waals surface area (Å²) in [5.74, 6) is 1.56. The highest BCUT2D eigenvalue weighted by atomic mass is 16.5. The Bertz CT molecular complexity index is 526. The molecule has 19 heavy (non-hydrogen) atoms. The summed E-state index contributed by atoms with van der Waals surface area (Å²) >= 11 is 0. The Morgan fingerprint density at radius 3 is 2.21 bits per heavy atom. The maximum Gasteiger partial charge on any atom is 0.161 e. The predicted molar refractivity (Wildman–Crippen MR) is 77.7 cm³/mol. The molecule has 0 amide bonds. The highest BCUT2D eigenvalue weighted by Gasteiger charge is 2.04. The standard InChI is InChI=1S/C16H19NO2/c1-2-18-15-9-5-6-10-16(15)19-12-11-13-7-3-4-8-14(13)17/h3-10H,2,11-12,17H2,1H3. The number of hydrogen-bond acceptors (Lipinski definition) is 3. The third-order valence-electron chi connectivity index (χ3n) is 2.83. The molecule has 2 rings (SSSR count). The van der Waals surface area contributed by atoms with Gasteiger partial charge in [0.15, 0.2) is 11.5 Å². The van der Waals surface area contributed by atoms with Gasteiger partial charge in [-0.25, -0.2) is 0 Å². The van der Waals surface area contributed by atoms with E-state index in [0.29, 0.717) is 13.2 Å². The molecule has 100 valence electrons. The first-order chi connectivity index (χ1) is 9.31. The van der Waals surface area contributed by atoms with Crippen molar-refractivity contribution in [3.63, 3.8) is 0 Å². The van der Waals surface area contributed by atoms with Gasteiger partial charge in [0, 0.05) is 12.1 Å². The Balaban J connectivity index is 1.94. The molecule has 0 saturated carbocycles.